The van der Waals surface area contributed by atoms with Crippen molar-refractivity contribution in [1.82, 2.24) is 0 Å². The fraction of sp³-hybridized carbons (Fsp3) is 0.222. The molecule has 0 aliphatic carbocycles. The fourth-order valence-corrected chi connectivity index (χ4v) is 2.41. The summed E-state index contributed by atoms with van der Waals surface area (Å²) in [6.07, 6.45) is -10.4. The maximum Gasteiger partial charge on any atom is 0.417 e. The Labute approximate surface area is 145 Å². The molecule has 0 saturated carbocycles. The van der Waals surface area contributed by atoms with Crippen LogP contribution in [-0.4, -0.2) is 26.6 Å². The summed E-state index contributed by atoms with van der Waals surface area (Å²) in [5, 5.41) is 0. The zero-order valence-corrected chi connectivity index (χ0v) is 13.7. The van der Waals surface area contributed by atoms with E-state index in [1.165, 1.54) is 38.5 Å². The van der Waals surface area contributed by atoms with Gasteiger partial charge in [0.25, 0.3) is 0 Å². The normalized spacial score (nSPS) is 13.2. The van der Waals surface area contributed by atoms with Gasteiger partial charge in [-0.05, 0) is 35.4 Å². The van der Waals surface area contributed by atoms with Crippen LogP contribution in [0.2, 0.25) is 0 Å². The second-order valence-electron chi connectivity index (χ2n) is 5.20. The lowest BCUT2D eigenvalue weighted by Gasteiger charge is -2.21. The van der Waals surface area contributed by atoms with Crippen LogP contribution in [0, 0.1) is 0 Å². The van der Waals surface area contributed by atoms with E-state index in [2.05, 4.69) is 0 Å². The Hall–Kier alpha value is -2.64. The summed E-state index contributed by atoms with van der Waals surface area (Å²) < 4.78 is 91.2. The minimum Gasteiger partial charge on any atom is -0.497 e. The van der Waals surface area contributed by atoms with Gasteiger partial charge in [-0.2, -0.15) is 26.3 Å². The molecule has 0 atom stereocenters. The maximum absolute atomic E-state index is 13.6. The topological polar surface area (TPSA) is 18.5 Å². The van der Waals surface area contributed by atoms with Crippen LogP contribution >= 0.6 is 0 Å². The minimum absolute atomic E-state index is 0.230. The van der Waals surface area contributed by atoms with Gasteiger partial charge in [0.2, 0.25) is 0 Å². The minimum atomic E-state index is -5.22. The molecule has 0 aliphatic rings. The second kappa shape index (κ2) is 7.31. The molecule has 2 aromatic rings. The van der Waals surface area contributed by atoms with Crippen LogP contribution in [0.25, 0.3) is 11.1 Å². The number of allylic oxidation sites excluding steroid dienone is 2. The highest BCUT2D eigenvalue weighted by Gasteiger charge is 2.46. The van der Waals surface area contributed by atoms with Crippen molar-refractivity contribution >= 4 is 11.1 Å². The van der Waals surface area contributed by atoms with Gasteiger partial charge in [-0.25, -0.2) is 0 Å². The molecule has 2 nitrogen and oxygen atoms in total. The van der Waals surface area contributed by atoms with Crippen molar-refractivity contribution in [3.63, 3.8) is 0 Å². The first-order valence-electron chi connectivity index (χ1n) is 7.25. The van der Waals surface area contributed by atoms with Gasteiger partial charge in [0.1, 0.15) is 11.5 Å². The summed E-state index contributed by atoms with van der Waals surface area (Å²) in [6, 6.07) is 8.44. The molecular formula is C18H14F6O2. The Morgan fingerprint density at radius 3 is 1.04 bits per heavy atom. The molecule has 0 heterocycles. The number of hydrogen-bond donors (Lipinski definition) is 0. The predicted octanol–water partition coefficient (Wildman–Crippen LogP) is 5.74. The monoisotopic (exact) mass is 376 g/mol. The van der Waals surface area contributed by atoms with E-state index in [0.717, 1.165) is 24.3 Å². The van der Waals surface area contributed by atoms with E-state index in [1.54, 1.807) is 0 Å². The lowest BCUT2D eigenvalue weighted by Crippen LogP contribution is -2.21. The molecule has 0 saturated heterocycles. The molecule has 0 fully saturated rings. The van der Waals surface area contributed by atoms with E-state index in [1.807, 2.05) is 0 Å². The zero-order valence-electron chi connectivity index (χ0n) is 13.7. The van der Waals surface area contributed by atoms with Crippen LogP contribution < -0.4 is 9.47 Å². The van der Waals surface area contributed by atoms with Crippen molar-refractivity contribution in [1.29, 1.82) is 0 Å². The Bertz CT molecular complexity index is 704. The Balaban J connectivity index is 2.78. The zero-order chi connectivity index (χ0) is 19.5. The van der Waals surface area contributed by atoms with Crippen molar-refractivity contribution < 1.29 is 35.8 Å². The molecule has 2 aromatic carbocycles. The van der Waals surface area contributed by atoms with Gasteiger partial charge in [0.05, 0.1) is 25.4 Å². The number of rotatable bonds is 4. The number of benzene rings is 2. The van der Waals surface area contributed by atoms with Gasteiger partial charge in [-0.1, -0.05) is 24.3 Å². The molecule has 0 radical (unpaired) electrons. The molecule has 140 valence electrons. The molecular weight excluding hydrogens is 362 g/mol. The van der Waals surface area contributed by atoms with Crippen LogP contribution in [0.5, 0.6) is 11.5 Å². The molecule has 0 aliphatic heterocycles. The molecule has 2 rings (SSSR count). The van der Waals surface area contributed by atoms with Gasteiger partial charge < -0.3 is 9.47 Å². The van der Waals surface area contributed by atoms with Crippen molar-refractivity contribution in [2.45, 2.75) is 12.4 Å². The van der Waals surface area contributed by atoms with Crippen molar-refractivity contribution in [2.75, 3.05) is 14.2 Å². The van der Waals surface area contributed by atoms with Crippen molar-refractivity contribution in [2.24, 2.45) is 0 Å². The average molecular weight is 376 g/mol. The summed E-state index contributed by atoms with van der Waals surface area (Å²) in [6.45, 7) is 0. The van der Waals surface area contributed by atoms with Crippen molar-refractivity contribution in [3.8, 4) is 11.5 Å². The van der Waals surface area contributed by atoms with E-state index < -0.39 is 34.6 Å². The van der Waals surface area contributed by atoms with E-state index >= 15 is 0 Å². The third-order valence-electron chi connectivity index (χ3n) is 3.57. The first kappa shape index (κ1) is 19.7. The largest absolute Gasteiger partial charge is 0.497 e. The van der Waals surface area contributed by atoms with Crippen LogP contribution in [-0.2, 0) is 0 Å². The van der Waals surface area contributed by atoms with Crippen LogP contribution in [0.3, 0.4) is 0 Å². The Kier molecular flexibility index (Phi) is 5.53. The predicted molar refractivity (Wildman–Crippen MR) is 84.9 cm³/mol. The molecule has 0 amide bonds. The van der Waals surface area contributed by atoms with Gasteiger partial charge in [-0.3, -0.25) is 0 Å². The molecule has 0 N–H and O–H groups in total. The standard InChI is InChI=1S/C18H14F6O2/c1-25-13-7-3-11(4-8-13)15(17(19,20)21)16(18(22,23)24)12-5-9-14(26-2)10-6-12/h3-10H,1-2H3/b16-15+. The third kappa shape index (κ3) is 4.30. The van der Waals surface area contributed by atoms with Gasteiger partial charge in [0.15, 0.2) is 0 Å². The lowest BCUT2D eigenvalue weighted by molar-refractivity contribution is -0.0828. The molecule has 0 unspecified atom stereocenters. The highest BCUT2D eigenvalue weighted by atomic mass is 19.4. The van der Waals surface area contributed by atoms with Gasteiger partial charge in [-0.15, -0.1) is 0 Å². The van der Waals surface area contributed by atoms with Gasteiger partial charge in [0, 0.05) is 0 Å². The first-order valence-corrected chi connectivity index (χ1v) is 7.25. The van der Waals surface area contributed by atoms with Crippen molar-refractivity contribution in [3.05, 3.63) is 59.7 Å². The number of ether oxygens (including phenoxy) is 2. The summed E-state index contributed by atoms with van der Waals surface area (Å²) in [7, 11) is 2.60. The maximum atomic E-state index is 13.6. The number of hydrogen-bond acceptors (Lipinski definition) is 2. The molecule has 0 bridgehead atoms. The third-order valence-corrected chi connectivity index (χ3v) is 3.57. The Morgan fingerprint density at radius 2 is 0.846 bits per heavy atom. The second-order valence-corrected chi connectivity index (χ2v) is 5.20. The van der Waals surface area contributed by atoms with Gasteiger partial charge >= 0.3 is 12.4 Å². The SMILES string of the molecule is COc1ccc(/C(=C(/c2ccc(OC)cc2)C(F)(F)F)C(F)(F)F)cc1. The highest BCUT2D eigenvalue weighted by molar-refractivity contribution is 5.95. The number of methoxy groups -OCH3 is 2. The average Bonchev–Trinajstić information content (AvgIpc) is 2.58. The van der Waals surface area contributed by atoms with E-state index in [-0.39, 0.29) is 11.5 Å². The summed E-state index contributed by atoms with van der Waals surface area (Å²) >= 11 is 0. The first-order chi connectivity index (χ1) is 12.1. The Morgan fingerprint density at radius 1 is 0.577 bits per heavy atom. The van der Waals surface area contributed by atoms with E-state index in [9.17, 15) is 26.3 Å². The van der Waals surface area contributed by atoms with Crippen LogP contribution in [0.4, 0.5) is 26.3 Å². The summed E-state index contributed by atoms with van der Waals surface area (Å²) in [5.41, 5.74) is -4.75. The smallest absolute Gasteiger partial charge is 0.417 e. The highest BCUT2D eigenvalue weighted by Crippen LogP contribution is 2.46. The molecule has 8 heteroatoms. The number of alkyl halides is 6. The number of halogens is 6. The van der Waals surface area contributed by atoms with E-state index in [4.69, 9.17) is 9.47 Å². The molecule has 26 heavy (non-hydrogen) atoms. The van der Waals surface area contributed by atoms with E-state index in [0.29, 0.717) is 0 Å². The summed E-state index contributed by atoms with van der Waals surface area (Å²) in [5.74, 6) is 0.460. The quantitative estimate of drug-likeness (QED) is 0.501. The molecule has 0 spiro atoms. The lowest BCUT2D eigenvalue weighted by atomic mass is 9.93. The van der Waals surface area contributed by atoms with Crippen LogP contribution in [0.1, 0.15) is 11.1 Å². The van der Waals surface area contributed by atoms with Crippen LogP contribution in [0.15, 0.2) is 48.5 Å². The fourth-order valence-electron chi connectivity index (χ4n) is 2.41. The summed E-state index contributed by atoms with van der Waals surface area (Å²) in [4.78, 5) is 0. The molecule has 0 aromatic heterocycles.